The molecular weight excluding hydrogens is 464 g/mol. The van der Waals surface area contributed by atoms with E-state index in [9.17, 15) is 0 Å². The molecule has 0 unspecified atom stereocenters. The normalized spacial score (nSPS) is 11.4. The zero-order chi connectivity index (χ0) is 24.1. The van der Waals surface area contributed by atoms with Gasteiger partial charge in [-0.25, -0.2) is 0 Å². The molecule has 3 aromatic rings. The largest absolute Gasteiger partial charge is 0.497 e. The number of rotatable bonds is 15. The van der Waals surface area contributed by atoms with Crippen LogP contribution in [0.25, 0.3) is 0 Å². The Hall–Kier alpha value is -2.12. The van der Waals surface area contributed by atoms with Gasteiger partial charge in [0.2, 0.25) is 0 Å². The summed E-state index contributed by atoms with van der Waals surface area (Å²) in [5.74, 6) is 3.78. The Kier molecular flexibility index (Phi) is 11.2. The Labute approximate surface area is 211 Å². The van der Waals surface area contributed by atoms with Crippen LogP contribution in [0.4, 0.5) is 0 Å². The quantitative estimate of drug-likeness (QED) is 0.130. The van der Waals surface area contributed by atoms with E-state index >= 15 is 0 Å². The van der Waals surface area contributed by atoms with Crippen LogP contribution < -0.4 is 9.47 Å². The fraction of sp³-hybridized carbons (Fsp3) is 0.357. The van der Waals surface area contributed by atoms with Crippen molar-refractivity contribution >= 4 is 21.6 Å². The van der Waals surface area contributed by atoms with E-state index in [2.05, 4.69) is 48.5 Å². The lowest BCUT2D eigenvalue weighted by Gasteiger charge is -2.36. The van der Waals surface area contributed by atoms with E-state index < -0.39 is 5.60 Å². The third-order valence-corrected chi connectivity index (χ3v) is 8.10. The molecule has 4 nitrogen and oxygen atoms in total. The fourth-order valence-corrected chi connectivity index (χ4v) is 5.92. The average Bonchev–Trinajstić information content (AvgIpc) is 2.91. The molecule has 0 radical (unpaired) electrons. The van der Waals surface area contributed by atoms with Crippen LogP contribution in [-0.2, 0) is 15.1 Å². The number of hydrogen-bond acceptors (Lipinski definition) is 6. The van der Waals surface area contributed by atoms with E-state index in [0.29, 0.717) is 6.61 Å². The molecule has 0 atom stereocenters. The SMILES string of the molecule is COCCCSSCCCOC(c1ccccc1)(c1ccc(OC)cc1)c1ccc(OC)cc1. The monoisotopic (exact) mass is 498 g/mol. The van der Waals surface area contributed by atoms with Crippen LogP contribution in [0.3, 0.4) is 0 Å². The van der Waals surface area contributed by atoms with Crippen LogP contribution >= 0.6 is 21.6 Å². The highest BCUT2D eigenvalue weighted by Gasteiger charge is 2.37. The summed E-state index contributed by atoms with van der Waals surface area (Å²) in [5.41, 5.74) is 2.47. The topological polar surface area (TPSA) is 36.9 Å². The summed E-state index contributed by atoms with van der Waals surface area (Å²) in [4.78, 5) is 0. The third kappa shape index (κ3) is 6.95. The zero-order valence-corrected chi connectivity index (χ0v) is 21.8. The highest BCUT2D eigenvalue weighted by atomic mass is 33.1. The molecule has 0 aliphatic carbocycles. The highest BCUT2D eigenvalue weighted by molar-refractivity contribution is 8.76. The van der Waals surface area contributed by atoms with Crippen LogP contribution in [0.15, 0.2) is 78.9 Å². The molecule has 0 heterocycles. The summed E-state index contributed by atoms with van der Waals surface area (Å²) in [5, 5.41) is 0. The Balaban J connectivity index is 1.87. The maximum absolute atomic E-state index is 6.86. The van der Waals surface area contributed by atoms with E-state index in [1.54, 1.807) is 21.3 Å². The maximum atomic E-state index is 6.86. The fourth-order valence-electron chi connectivity index (χ4n) is 3.80. The Morgan fingerprint density at radius 3 is 1.53 bits per heavy atom. The van der Waals surface area contributed by atoms with Gasteiger partial charge in [0.1, 0.15) is 17.1 Å². The standard InChI is InChI=1S/C28H34O4S2/c1-29-19-7-21-33-34-22-8-20-32-28(23-9-5-4-6-10-23,24-11-15-26(30-2)16-12-24)25-13-17-27(31-3)18-14-25/h4-6,9-18H,7-8,19-22H2,1-3H3. The Morgan fingerprint density at radius 1 is 0.588 bits per heavy atom. The maximum Gasteiger partial charge on any atom is 0.143 e. The zero-order valence-electron chi connectivity index (χ0n) is 20.2. The van der Waals surface area contributed by atoms with Crippen molar-refractivity contribution in [1.82, 2.24) is 0 Å². The first kappa shape index (κ1) is 26.5. The molecule has 0 N–H and O–H groups in total. The van der Waals surface area contributed by atoms with Gasteiger partial charge in [0.25, 0.3) is 0 Å². The van der Waals surface area contributed by atoms with Gasteiger partial charge in [-0.3, -0.25) is 0 Å². The first-order valence-corrected chi connectivity index (χ1v) is 13.9. The third-order valence-electron chi connectivity index (χ3n) is 5.52. The summed E-state index contributed by atoms with van der Waals surface area (Å²) >= 11 is 0. The number of methoxy groups -OCH3 is 3. The number of benzene rings is 3. The molecule has 0 fully saturated rings. The van der Waals surface area contributed by atoms with Gasteiger partial charge >= 0.3 is 0 Å². The van der Waals surface area contributed by atoms with E-state index in [-0.39, 0.29) is 0 Å². The first-order valence-electron chi connectivity index (χ1n) is 11.5. The van der Waals surface area contributed by atoms with Crippen molar-refractivity contribution in [3.8, 4) is 11.5 Å². The van der Waals surface area contributed by atoms with Crippen molar-refractivity contribution in [1.29, 1.82) is 0 Å². The van der Waals surface area contributed by atoms with Gasteiger partial charge < -0.3 is 18.9 Å². The predicted molar refractivity (Wildman–Crippen MR) is 144 cm³/mol. The molecule has 0 amide bonds. The summed E-state index contributed by atoms with van der Waals surface area (Å²) in [6.07, 6.45) is 2.04. The molecular formula is C28H34O4S2. The van der Waals surface area contributed by atoms with E-state index in [1.165, 1.54) is 0 Å². The second-order valence-corrected chi connectivity index (χ2v) is 10.4. The molecule has 0 spiro atoms. The van der Waals surface area contributed by atoms with Crippen LogP contribution in [0.5, 0.6) is 11.5 Å². The van der Waals surface area contributed by atoms with Crippen LogP contribution in [0, 0.1) is 0 Å². The van der Waals surface area contributed by atoms with Gasteiger partial charge in [-0.1, -0.05) is 76.2 Å². The lowest BCUT2D eigenvalue weighted by molar-refractivity contribution is 0.0137. The molecule has 34 heavy (non-hydrogen) atoms. The van der Waals surface area contributed by atoms with Gasteiger partial charge in [-0.2, -0.15) is 0 Å². The van der Waals surface area contributed by atoms with Crippen molar-refractivity contribution in [2.75, 3.05) is 46.0 Å². The molecule has 0 saturated carbocycles. The van der Waals surface area contributed by atoms with Crippen LogP contribution in [0.2, 0.25) is 0 Å². The Bertz CT molecular complexity index is 899. The smallest absolute Gasteiger partial charge is 0.143 e. The second-order valence-electron chi connectivity index (χ2n) is 7.70. The minimum Gasteiger partial charge on any atom is -0.497 e. The van der Waals surface area contributed by atoms with Crippen molar-refractivity contribution in [3.63, 3.8) is 0 Å². The lowest BCUT2D eigenvalue weighted by Crippen LogP contribution is -2.33. The Morgan fingerprint density at radius 2 is 1.06 bits per heavy atom. The van der Waals surface area contributed by atoms with Gasteiger partial charge in [0.15, 0.2) is 0 Å². The highest BCUT2D eigenvalue weighted by Crippen LogP contribution is 2.41. The van der Waals surface area contributed by atoms with Crippen molar-refractivity contribution in [2.24, 2.45) is 0 Å². The van der Waals surface area contributed by atoms with Gasteiger partial charge in [-0.05, 0) is 53.8 Å². The molecule has 6 heteroatoms. The molecule has 0 aliphatic heterocycles. The minimum atomic E-state index is -0.740. The minimum absolute atomic E-state index is 0.637. The summed E-state index contributed by atoms with van der Waals surface area (Å²) in [6, 6.07) is 26.8. The number of hydrogen-bond donors (Lipinski definition) is 0. The van der Waals surface area contributed by atoms with E-state index in [1.807, 2.05) is 51.9 Å². The first-order chi connectivity index (χ1) is 16.7. The second kappa shape index (κ2) is 14.3. The molecule has 3 rings (SSSR count). The molecule has 0 aromatic heterocycles. The van der Waals surface area contributed by atoms with Crippen molar-refractivity contribution in [2.45, 2.75) is 18.4 Å². The molecule has 0 saturated heterocycles. The molecule has 182 valence electrons. The average molecular weight is 499 g/mol. The molecule has 0 aliphatic rings. The van der Waals surface area contributed by atoms with Gasteiger partial charge in [-0.15, -0.1) is 0 Å². The van der Waals surface area contributed by atoms with Gasteiger partial charge in [0.05, 0.1) is 14.2 Å². The van der Waals surface area contributed by atoms with Crippen molar-refractivity contribution < 1.29 is 18.9 Å². The van der Waals surface area contributed by atoms with Gasteiger partial charge in [0, 0.05) is 31.8 Å². The van der Waals surface area contributed by atoms with Crippen LogP contribution in [0.1, 0.15) is 29.5 Å². The molecule has 3 aromatic carbocycles. The lowest BCUT2D eigenvalue weighted by atomic mass is 9.80. The van der Waals surface area contributed by atoms with E-state index in [0.717, 1.165) is 59.1 Å². The van der Waals surface area contributed by atoms with E-state index in [4.69, 9.17) is 18.9 Å². The summed E-state index contributed by atoms with van der Waals surface area (Å²) in [7, 11) is 8.92. The summed E-state index contributed by atoms with van der Waals surface area (Å²) in [6.45, 7) is 1.46. The predicted octanol–water partition coefficient (Wildman–Crippen LogP) is 6.82. The molecule has 0 bridgehead atoms. The van der Waals surface area contributed by atoms with Crippen molar-refractivity contribution in [3.05, 3.63) is 95.6 Å². The number of ether oxygens (including phenoxy) is 4. The van der Waals surface area contributed by atoms with Crippen LogP contribution in [-0.4, -0.2) is 46.0 Å². The summed E-state index contributed by atoms with van der Waals surface area (Å²) < 4.78 is 22.8.